The molecule has 0 bridgehead atoms. The van der Waals surface area contributed by atoms with Gasteiger partial charge in [-0.3, -0.25) is 19.5 Å². The number of ketones is 1. The minimum atomic E-state index is -0.757. The van der Waals surface area contributed by atoms with Crippen LogP contribution >= 0.6 is 11.6 Å². The van der Waals surface area contributed by atoms with Gasteiger partial charge in [-0.15, -0.1) is 5.10 Å². The fourth-order valence-electron chi connectivity index (χ4n) is 4.63. The summed E-state index contributed by atoms with van der Waals surface area (Å²) in [6.07, 6.45) is 4.19. The molecule has 0 radical (unpaired) electrons. The number of amides is 2. The summed E-state index contributed by atoms with van der Waals surface area (Å²) in [4.78, 5) is 39.4. The molecule has 3 N–H and O–H groups in total. The lowest BCUT2D eigenvalue weighted by molar-refractivity contribution is -0.118. The summed E-state index contributed by atoms with van der Waals surface area (Å²) in [5, 5.41) is 16.0. The highest BCUT2D eigenvalue weighted by Crippen LogP contribution is 2.44. The summed E-state index contributed by atoms with van der Waals surface area (Å²) in [6.45, 7) is 3.82. The number of fused-ring (bicyclic) bond motifs is 1. The number of aryl methyl sites for hydroxylation is 1. The van der Waals surface area contributed by atoms with Crippen molar-refractivity contribution in [3.05, 3.63) is 62.9 Å². The summed E-state index contributed by atoms with van der Waals surface area (Å²) >= 11 is 6.09. The first-order chi connectivity index (χ1) is 16.2. The Morgan fingerprint density at radius 1 is 1.24 bits per heavy atom. The van der Waals surface area contributed by atoms with Gasteiger partial charge in [0.2, 0.25) is 0 Å². The second-order valence-electron chi connectivity index (χ2n) is 8.81. The second-order valence-corrected chi connectivity index (χ2v) is 9.22. The second kappa shape index (κ2) is 8.05. The zero-order chi connectivity index (χ0) is 24.2. The molecule has 9 nitrogen and oxygen atoms in total. The zero-order valence-corrected chi connectivity index (χ0v) is 19.3. The smallest absolute Gasteiger partial charge is 0.293 e. The van der Waals surface area contributed by atoms with Crippen LogP contribution in [0, 0.1) is 19.7 Å². The summed E-state index contributed by atoms with van der Waals surface area (Å²) in [5.74, 6) is -2.65. The Morgan fingerprint density at radius 2 is 2.00 bits per heavy atom. The Kier molecular flexibility index (Phi) is 5.27. The number of nitrogens with one attached hydrogen (secondary N) is 3. The number of aromatic nitrogens is 4. The molecule has 1 aromatic carbocycles. The SMILES string of the molecule is Cc1cc(F)c(NC(=O)c2c(C)c(C(=O)C(=O)NC3(c4c[nH]nn4)CC3)c3n2CCC3)cc1Cl. The molecule has 1 aliphatic carbocycles. The molecule has 0 atom stereocenters. The predicted molar refractivity (Wildman–Crippen MR) is 121 cm³/mol. The Labute approximate surface area is 199 Å². The Balaban J connectivity index is 1.44. The van der Waals surface area contributed by atoms with Crippen molar-refractivity contribution < 1.29 is 18.8 Å². The van der Waals surface area contributed by atoms with Gasteiger partial charge in [-0.05, 0) is 62.8 Å². The van der Waals surface area contributed by atoms with E-state index in [1.165, 1.54) is 12.1 Å². The molecule has 2 aliphatic rings. The van der Waals surface area contributed by atoms with Crippen molar-refractivity contribution in [1.29, 1.82) is 0 Å². The average molecular weight is 485 g/mol. The van der Waals surface area contributed by atoms with Crippen molar-refractivity contribution in [2.24, 2.45) is 0 Å². The van der Waals surface area contributed by atoms with E-state index in [4.69, 9.17) is 11.6 Å². The molecule has 5 rings (SSSR count). The topological polar surface area (TPSA) is 122 Å². The van der Waals surface area contributed by atoms with Crippen LogP contribution in [0.5, 0.6) is 0 Å². The van der Waals surface area contributed by atoms with Gasteiger partial charge >= 0.3 is 0 Å². The molecule has 11 heteroatoms. The van der Waals surface area contributed by atoms with E-state index < -0.39 is 29.0 Å². The van der Waals surface area contributed by atoms with Crippen LogP contribution in [0.4, 0.5) is 10.1 Å². The number of benzene rings is 1. The van der Waals surface area contributed by atoms with Gasteiger partial charge in [0.15, 0.2) is 0 Å². The number of anilines is 1. The number of hydrogen-bond donors (Lipinski definition) is 3. The maximum absolute atomic E-state index is 14.4. The minimum absolute atomic E-state index is 0.0533. The highest BCUT2D eigenvalue weighted by atomic mass is 35.5. The average Bonchev–Trinajstić information content (AvgIpc) is 3.14. The van der Waals surface area contributed by atoms with Crippen molar-refractivity contribution in [3.8, 4) is 0 Å². The lowest BCUT2D eigenvalue weighted by Crippen LogP contribution is -2.40. The fraction of sp³-hybridized carbons (Fsp3) is 0.348. The van der Waals surface area contributed by atoms with Crippen LogP contribution in [0.3, 0.4) is 0 Å². The first-order valence-electron chi connectivity index (χ1n) is 10.9. The van der Waals surface area contributed by atoms with Crippen LogP contribution in [-0.2, 0) is 23.3 Å². The lowest BCUT2D eigenvalue weighted by Gasteiger charge is -2.14. The van der Waals surface area contributed by atoms with E-state index in [9.17, 15) is 18.8 Å². The van der Waals surface area contributed by atoms with Crippen LogP contribution < -0.4 is 10.6 Å². The molecule has 2 amide bonds. The van der Waals surface area contributed by atoms with E-state index in [0.717, 1.165) is 6.42 Å². The van der Waals surface area contributed by atoms with Crippen LogP contribution in [0.2, 0.25) is 5.02 Å². The number of rotatable bonds is 6. The Bertz CT molecular complexity index is 1340. The standard InChI is InChI=1S/C23H22ClFN6O3/c1-11-8-14(25)15(9-13(11)24)27-21(33)19-12(2)18(16-4-3-7-31(16)19)20(32)22(34)28-23(5-6-23)17-10-26-30-29-17/h8-10H,3-7H2,1-2H3,(H,27,33)(H,28,34)(H,26,29,30). The summed E-state index contributed by atoms with van der Waals surface area (Å²) in [6, 6.07) is 2.60. The lowest BCUT2D eigenvalue weighted by atomic mass is 10.0. The van der Waals surface area contributed by atoms with E-state index >= 15 is 0 Å². The third-order valence-electron chi connectivity index (χ3n) is 6.56. The highest BCUT2D eigenvalue weighted by molar-refractivity contribution is 6.44. The molecule has 3 aromatic rings. The molecular weight excluding hydrogens is 463 g/mol. The quantitative estimate of drug-likeness (QED) is 0.366. The van der Waals surface area contributed by atoms with Crippen LogP contribution in [0.1, 0.15) is 62.6 Å². The van der Waals surface area contributed by atoms with Gasteiger partial charge in [-0.2, -0.15) is 0 Å². The molecular formula is C23H22ClFN6O3. The number of carbonyl (C=O) groups is 3. The molecule has 2 aromatic heterocycles. The van der Waals surface area contributed by atoms with Gasteiger partial charge in [0, 0.05) is 23.5 Å². The van der Waals surface area contributed by atoms with Crippen molar-refractivity contribution in [2.75, 3.05) is 5.32 Å². The van der Waals surface area contributed by atoms with E-state index in [1.54, 1.807) is 24.6 Å². The van der Waals surface area contributed by atoms with E-state index in [0.29, 0.717) is 53.3 Å². The largest absolute Gasteiger partial charge is 0.340 e. The first kappa shape index (κ1) is 22.3. The Hall–Kier alpha value is -3.53. The van der Waals surface area contributed by atoms with Crippen LogP contribution in [-0.4, -0.2) is 37.6 Å². The maximum atomic E-state index is 14.4. The summed E-state index contributed by atoms with van der Waals surface area (Å²) in [7, 11) is 0. The van der Waals surface area contributed by atoms with Crippen LogP contribution in [0.15, 0.2) is 18.3 Å². The number of hydrogen-bond acceptors (Lipinski definition) is 5. The molecule has 3 heterocycles. The first-order valence-corrected chi connectivity index (χ1v) is 11.3. The molecule has 176 valence electrons. The third-order valence-corrected chi connectivity index (χ3v) is 6.97. The molecule has 0 unspecified atom stereocenters. The molecule has 34 heavy (non-hydrogen) atoms. The molecule has 1 saturated carbocycles. The van der Waals surface area contributed by atoms with Crippen molar-refractivity contribution >= 4 is 34.9 Å². The van der Waals surface area contributed by atoms with Gasteiger partial charge in [0.05, 0.1) is 16.8 Å². The fourth-order valence-corrected chi connectivity index (χ4v) is 4.79. The highest BCUT2D eigenvalue weighted by Gasteiger charge is 2.49. The number of nitrogens with zero attached hydrogens (tertiary/aromatic N) is 3. The monoisotopic (exact) mass is 484 g/mol. The minimum Gasteiger partial charge on any atom is -0.340 e. The van der Waals surface area contributed by atoms with E-state index in [-0.39, 0.29) is 16.9 Å². The molecule has 0 saturated heterocycles. The normalized spacial score (nSPS) is 15.6. The molecule has 1 aliphatic heterocycles. The zero-order valence-electron chi connectivity index (χ0n) is 18.6. The summed E-state index contributed by atoms with van der Waals surface area (Å²) in [5.41, 5.74) is 1.85. The number of Topliss-reactive ketones (excluding diaryl/α,β-unsaturated/α-hetero) is 1. The number of H-pyrrole nitrogens is 1. The van der Waals surface area contributed by atoms with Crippen LogP contribution in [0.25, 0.3) is 0 Å². The van der Waals surface area contributed by atoms with Gasteiger partial charge in [-0.1, -0.05) is 16.8 Å². The Morgan fingerprint density at radius 3 is 2.68 bits per heavy atom. The van der Waals surface area contributed by atoms with Gasteiger partial charge in [0.1, 0.15) is 17.2 Å². The third kappa shape index (κ3) is 3.58. The predicted octanol–water partition coefficient (Wildman–Crippen LogP) is 3.20. The summed E-state index contributed by atoms with van der Waals surface area (Å²) < 4.78 is 16.1. The number of halogens is 2. The van der Waals surface area contributed by atoms with Crippen molar-refractivity contribution in [3.63, 3.8) is 0 Å². The van der Waals surface area contributed by atoms with Crippen molar-refractivity contribution in [1.82, 2.24) is 25.3 Å². The van der Waals surface area contributed by atoms with Crippen molar-refractivity contribution in [2.45, 2.75) is 51.6 Å². The van der Waals surface area contributed by atoms with Gasteiger partial charge in [-0.25, -0.2) is 4.39 Å². The van der Waals surface area contributed by atoms with E-state index in [1.807, 2.05) is 0 Å². The molecule has 1 fully saturated rings. The van der Waals surface area contributed by atoms with Gasteiger partial charge in [0.25, 0.3) is 17.6 Å². The number of aromatic amines is 1. The maximum Gasteiger partial charge on any atom is 0.293 e. The molecule has 0 spiro atoms. The number of carbonyl (C=O) groups excluding carboxylic acids is 3. The van der Waals surface area contributed by atoms with E-state index in [2.05, 4.69) is 26.0 Å². The van der Waals surface area contributed by atoms with Gasteiger partial charge < -0.3 is 15.2 Å².